The lowest BCUT2D eigenvalue weighted by Crippen LogP contribution is -2.33. The molecule has 0 saturated carbocycles. The summed E-state index contributed by atoms with van der Waals surface area (Å²) >= 11 is 4.06. The zero-order chi connectivity index (χ0) is 12.6. The topological polar surface area (TPSA) is 84.3 Å². The molecule has 1 saturated heterocycles. The number of aryl methyl sites for hydroxylation is 1. The molecule has 0 unspecified atom stereocenters. The Hall–Kier alpha value is -1.05. The minimum absolute atomic E-state index is 0.316. The third kappa shape index (κ3) is 2.31. The number of nitrogens with one attached hydrogen (secondary N) is 1. The van der Waals surface area contributed by atoms with Crippen LogP contribution in [-0.4, -0.2) is 32.6 Å². The number of ether oxygens (including phenoxy) is 1. The predicted octanol–water partition coefficient (Wildman–Crippen LogP) is -0.577. The van der Waals surface area contributed by atoms with Crippen molar-refractivity contribution in [1.29, 1.82) is 0 Å². The Morgan fingerprint density at radius 3 is 2.94 bits per heavy atom. The van der Waals surface area contributed by atoms with Gasteiger partial charge in [0.2, 0.25) is 0 Å². The predicted molar refractivity (Wildman–Crippen MR) is 64.4 cm³/mol. The maximum absolute atomic E-state index is 11.6. The average molecular weight is 258 g/mol. The monoisotopic (exact) mass is 258 g/mol. The fourth-order valence-corrected chi connectivity index (χ4v) is 2.18. The quantitative estimate of drug-likeness (QED) is 0.620. The normalized spacial score (nSPS) is 28.5. The smallest absolute Gasteiger partial charge is 0.330 e. The van der Waals surface area contributed by atoms with E-state index in [-0.39, 0.29) is 6.10 Å². The van der Waals surface area contributed by atoms with E-state index in [1.54, 1.807) is 6.92 Å². The SMILES string of the molecule is Cc1cn([C@@H]2C[C@@H](O)[C@H](CS)O2)c(=O)[nH]c1=O. The third-order valence-corrected chi connectivity index (χ3v) is 3.20. The van der Waals surface area contributed by atoms with Gasteiger partial charge in [-0.1, -0.05) is 0 Å². The molecular weight excluding hydrogens is 244 g/mol. The van der Waals surface area contributed by atoms with Crippen LogP contribution in [0, 0.1) is 6.92 Å². The van der Waals surface area contributed by atoms with Gasteiger partial charge < -0.3 is 9.84 Å². The minimum Gasteiger partial charge on any atom is -0.390 e. The van der Waals surface area contributed by atoms with Crippen LogP contribution in [0.3, 0.4) is 0 Å². The summed E-state index contributed by atoms with van der Waals surface area (Å²) in [5, 5.41) is 9.67. The van der Waals surface area contributed by atoms with E-state index >= 15 is 0 Å². The Labute approximate surface area is 103 Å². The molecule has 0 spiro atoms. The first-order chi connectivity index (χ1) is 8.02. The fourth-order valence-electron chi connectivity index (χ4n) is 1.85. The van der Waals surface area contributed by atoms with Crippen LogP contribution in [0.25, 0.3) is 0 Å². The van der Waals surface area contributed by atoms with Crippen molar-refractivity contribution in [3.63, 3.8) is 0 Å². The summed E-state index contributed by atoms with van der Waals surface area (Å²) < 4.78 is 6.79. The standard InChI is InChI=1S/C10H14N2O4S/c1-5-3-12(10(15)11-9(5)14)8-2-6(13)7(4-17)16-8/h3,6-8,13,17H,2,4H2,1H3,(H,11,14,15)/t6-,7+,8+/m1/s1. The van der Waals surface area contributed by atoms with Crippen LogP contribution >= 0.6 is 12.6 Å². The molecule has 0 amide bonds. The van der Waals surface area contributed by atoms with Gasteiger partial charge in [-0.05, 0) is 6.92 Å². The highest BCUT2D eigenvalue weighted by molar-refractivity contribution is 7.80. The van der Waals surface area contributed by atoms with Crippen LogP contribution in [-0.2, 0) is 4.74 Å². The maximum atomic E-state index is 11.6. The number of aliphatic hydroxyl groups excluding tert-OH is 1. The molecule has 94 valence electrons. The molecule has 6 nitrogen and oxygen atoms in total. The molecule has 1 aliphatic heterocycles. The second-order valence-corrected chi connectivity index (χ2v) is 4.46. The van der Waals surface area contributed by atoms with Crippen molar-refractivity contribution in [3.8, 4) is 0 Å². The van der Waals surface area contributed by atoms with Gasteiger partial charge in [0.05, 0.1) is 12.2 Å². The molecule has 0 bridgehead atoms. The van der Waals surface area contributed by atoms with E-state index in [9.17, 15) is 14.7 Å². The third-order valence-electron chi connectivity index (χ3n) is 2.84. The number of H-pyrrole nitrogens is 1. The van der Waals surface area contributed by atoms with Gasteiger partial charge in [0.15, 0.2) is 0 Å². The van der Waals surface area contributed by atoms with E-state index in [4.69, 9.17) is 4.74 Å². The Morgan fingerprint density at radius 1 is 1.65 bits per heavy atom. The largest absolute Gasteiger partial charge is 0.390 e. The highest BCUT2D eigenvalue weighted by Gasteiger charge is 2.34. The molecule has 1 fully saturated rings. The zero-order valence-electron chi connectivity index (χ0n) is 9.29. The highest BCUT2D eigenvalue weighted by atomic mass is 32.1. The highest BCUT2D eigenvalue weighted by Crippen LogP contribution is 2.27. The lowest BCUT2D eigenvalue weighted by molar-refractivity contribution is -0.00746. The molecule has 2 heterocycles. The summed E-state index contributed by atoms with van der Waals surface area (Å²) in [5.41, 5.74) is -0.509. The van der Waals surface area contributed by atoms with Gasteiger partial charge in [-0.2, -0.15) is 12.6 Å². The number of aromatic nitrogens is 2. The van der Waals surface area contributed by atoms with Crippen molar-refractivity contribution in [2.24, 2.45) is 0 Å². The van der Waals surface area contributed by atoms with E-state index in [1.807, 2.05) is 0 Å². The summed E-state index contributed by atoms with van der Waals surface area (Å²) in [6, 6.07) is 0. The Balaban J connectivity index is 2.34. The number of aliphatic hydroxyl groups is 1. The molecule has 0 aliphatic carbocycles. The Bertz CT molecular complexity index is 524. The van der Waals surface area contributed by atoms with Gasteiger partial charge >= 0.3 is 5.69 Å². The van der Waals surface area contributed by atoms with Crippen molar-refractivity contribution in [2.75, 3.05) is 5.75 Å². The van der Waals surface area contributed by atoms with Crippen LogP contribution in [0.5, 0.6) is 0 Å². The van der Waals surface area contributed by atoms with Crippen molar-refractivity contribution in [1.82, 2.24) is 9.55 Å². The number of hydrogen-bond donors (Lipinski definition) is 3. The van der Waals surface area contributed by atoms with Gasteiger partial charge in [-0.15, -0.1) is 0 Å². The van der Waals surface area contributed by atoms with Crippen LogP contribution in [0.1, 0.15) is 18.2 Å². The van der Waals surface area contributed by atoms with Gasteiger partial charge in [0.25, 0.3) is 5.56 Å². The summed E-state index contributed by atoms with van der Waals surface area (Å²) in [6.07, 6.45) is 0.181. The Morgan fingerprint density at radius 2 is 2.35 bits per heavy atom. The van der Waals surface area contributed by atoms with E-state index in [2.05, 4.69) is 17.6 Å². The van der Waals surface area contributed by atoms with Crippen LogP contribution < -0.4 is 11.2 Å². The van der Waals surface area contributed by atoms with Gasteiger partial charge in [-0.25, -0.2) is 4.79 Å². The second-order valence-electron chi connectivity index (χ2n) is 4.09. The summed E-state index contributed by atoms with van der Waals surface area (Å²) in [7, 11) is 0. The molecular formula is C10H14N2O4S. The molecule has 2 rings (SSSR count). The van der Waals surface area contributed by atoms with Crippen LogP contribution in [0.15, 0.2) is 15.8 Å². The van der Waals surface area contributed by atoms with Crippen LogP contribution in [0.2, 0.25) is 0 Å². The van der Waals surface area contributed by atoms with Crippen molar-refractivity contribution in [2.45, 2.75) is 31.8 Å². The zero-order valence-corrected chi connectivity index (χ0v) is 10.2. The van der Waals surface area contributed by atoms with E-state index < -0.39 is 23.6 Å². The molecule has 1 aromatic rings. The fraction of sp³-hybridized carbons (Fsp3) is 0.600. The minimum atomic E-state index is -0.642. The molecule has 0 aromatic carbocycles. The number of nitrogens with zero attached hydrogens (tertiary/aromatic N) is 1. The molecule has 17 heavy (non-hydrogen) atoms. The summed E-state index contributed by atoms with van der Waals surface area (Å²) in [5.74, 6) is 0.384. The lowest BCUT2D eigenvalue weighted by Gasteiger charge is -2.14. The molecule has 7 heteroatoms. The first kappa shape index (κ1) is 12.4. The average Bonchev–Trinajstić information content (AvgIpc) is 2.65. The first-order valence-corrected chi connectivity index (χ1v) is 5.92. The molecule has 2 N–H and O–H groups in total. The number of hydrogen-bond acceptors (Lipinski definition) is 5. The molecule has 1 aromatic heterocycles. The molecule has 1 aliphatic rings. The number of aromatic amines is 1. The summed E-state index contributed by atoms with van der Waals surface area (Å²) in [4.78, 5) is 25.0. The Kier molecular flexibility index (Phi) is 3.41. The van der Waals surface area contributed by atoms with Crippen molar-refractivity contribution < 1.29 is 9.84 Å². The lowest BCUT2D eigenvalue weighted by atomic mass is 10.2. The van der Waals surface area contributed by atoms with E-state index in [1.165, 1.54) is 10.8 Å². The van der Waals surface area contributed by atoms with E-state index in [0.717, 1.165) is 0 Å². The van der Waals surface area contributed by atoms with E-state index in [0.29, 0.717) is 17.7 Å². The van der Waals surface area contributed by atoms with Gasteiger partial charge in [-0.3, -0.25) is 14.3 Å². The summed E-state index contributed by atoms with van der Waals surface area (Å²) in [6.45, 7) is 1.61. The first-order valence-electron chi connectivity index (χ1n) is 5.29. The number of rotatable bonds is 2. The molecule has 0 radical (unpaired) electrons. The van der Waals surface area contributed by atoms with Crippen molar-refractivity contribution in [3.05, 3.63) is 32.6 Å². The van der Waals surface area contributed by atoms with Gasteiger partial charge in [0.1, 0.15) is 6.23 Å². The van der Waals surface area contributed by atoms with Crippen molar-refractivity contribution >= 4 is 12.6 Å². The second kappa shape index (κ2) is 4.67. The maximum Gasteiger partial charge on any atom is 0.330 e. The molecule has 3 atom stereocenters. The van der Waals surface area contributed by atoms with Gasteiger partial charge in [0, 0.05) is 23.9 Å². The number of thiol groups is 1. The van der Waals surface area contributed by atoms with Crippen LogP contribution in [0.4, 0.5) is 0 Å².